The van der Waals surface area contributed by atoms with E-state index < -0.39 is 5.82 Å². The molecule has 6 rings (SSSR count). The highest BCUT2D eigenvalue weighted by Crippen LogP contribution is 2.46. The van der Waals surface area contributed by atoms with Gasteiger partial charge in [0.2, 0.25) is 0 Å². The Morgan fingerprint density at radius 2 is 1.95 bits per heavy atom. The third kappa shape index (κ3) is 5.76. The fourth-order valence-electron chi connectivity index (χ4n) is 6.08. The van der Waals surface area contributed by atoms with Crippen LogP contribution in [0.2, 0.25) is 0 Å². The van der Waals surface area contributed by atoms with Gasteiger partial charge in [-0.15, -0.1) is 11.3 Å². The van der Waals surface area contributed by atoms with E-state index in [1.54, 1.807) is 53.9 Å². The van der Waals surface area contributed by atoms with Crippen LogP contribution in [0.25, 0.3) is 11.1 Å². The number of fused-ring (bicyclic) bond motifs is 3. The van der Waals surface area contributed by atoms with Crippen molar-refractivity contribution < 1.29 is 13.9 Å². The highest BCUT2D eigenvalue weighted by Gasteiger charge is 2.38. The Labute approximate surface area is 261 Å². The van der Waals surface area contributed by atoms with Crippen LogP contribution in [0, 0.1) is 18.2 Å². The number of nitrogens with zero attached hydrogens (tertiary/aromatic N) is 4. The van der Waals surface area contributed by atoms with Crippen LogP contribution in [0.5, 0.6) is 5.75 Å². The molecule has 1 amide bonds. The summed E-state index contributed by atoms with van der Waals surface area (Å²) in [5.74, 6) is 0.512. The van der Waals surface area contributed by atoms with Gasteiger partial charge >= 0.3 is 0 Å². The maximum atomic E-state index is 15.2. The molecule has 1 aliphatic carbocycles. The summed E-state index contributed by atoms with van der Waals surface area (Å²) >= 11 is 1.59. The number of nitrogens with one attached hydrogen (secondary N) is 1. The van der Waals surface area contributed by atoms with Gasteiger partial charge in [-0.2, -0.15) is 0 Å². The first-order valence-electron chi connectivity index (χ1n) is 14.7. The molecule has 4 heterocycles. The van der Waals surface area contributed by atoms with E-state index in [1.807, 2.05) is 19.0 Å². The van der Waals surface area contributed by atoms with Crippen molar-refractivity contribution in [2.45, 2.75) is 33.1 Å². The van der Waals surface area contributed by atoms with E-state index in [2.05, 4.69) is 31.1 Å². The number of halogens is 1. The molecule has 1 aromatic carbocycles. The van der Waals surface area contributed by atoms with Gasteiger partial charge < -0.3 is 24.4 Å². The van der Waals surface area contributed by atoms with Crippen LogP contribution in [-0.2, 0) is 26.3 Å². The molecule has 0 bridgehead atoms. The topological polar surface area (TPSA) is 79.7 Å². The molecule has 3 aromatic heterocycles. The van der Waals surface area contributed by atoms with Gasteiger partial charge in [0.25, 0.3) is 11.5 Å². The average Bonchev–Trinajstić information content (AvgIpc) is 3.45. The molecule has 8 nitrogen and oxygen atoms in total. The molecule has 0 saturated heterocycles. The summed E-state index contributed by atoms with van der Waals surface area (Å²) in [7, 11) is 5.59. The lowest BCUT2D eigenvalue weighted by molar-refractivity contribution is 0.0984. The Bertz CT molecular complexity index is 1810. The van der Waals surface area contributed by atoms with Gasteiger partial charge in [0, 0.05) is 36.8 Å². The van der Waals surface area contributed by atoms with Gasteiger partial charge in [0.1, 0.15) is 29.7 Å². The van der Waals surface area contributed by atoms with E-state index in [9.17, 15) is 9.59 Å². The van der Waals surface area contributed by atoms with Crippen molar-refractivity contribution in [1.29, 1.82) is 0 Å². The summed E-state index contributed by atoms with van der Waals surface area (Å²) in [6.45, 7) is 10.6. The maximum absolute atomic E-state index is 15.2. The number of rotatable bonds is 8. The van der Waals surface area contributed by atoms with Crippen molar-refractivity contribution in [2.75, 3.05) is 44.0 Å². The Morgan fingerprint density at radius 3 is 2.68 bits per heavy atom. The summed E-state index contributed by atoms with van der Waals surface area (Å²) in [5.41, 5.74) is 4.79. The standard InChI is InChI=1S/C34H37FN5O3S/c1-20-25(21-13-27(32(41)39(6)19-21)37-30-8-7-23(18-36-30)43-12-11-38(4)5)14-22(35)15-28(20)40-10-9-24-26-16-34(2,3)17-29(26)44-31(24)33(40)42/h7-8,13-15,18-19H,1,9-12,16-17H2,2-6H3,(H,36,37). The Hall–Kier alpha value is -4.02. The van der Waals surface area contributed by atoms with Crippen molar-refractivity contribution in [3.63, 3.8) is 0 Å². The molecule has 0 atom stereocenters. The van der Waals surface area contributed by atoms with E-state index >= 15 is 4.39 Å². The minimum atomic E-state index is -0.480. The number of ether oxygens (including phenoxy) is 1. The predicted molar refractivity (Wildman–Crippen MR) is 174 cm³/mol. The summed E-state index contributed by atoms with van der Waals surface area (Å²) in [6.07, 6.45) is 5.94. The van der Waals surface area contributed by atoms with Gasteiger partial charge in [-0.3, -0.25) is 9.59 Å². The van der Waals surface area contributed by atoms with Gasteiger partial charge in [-0.25, -0.2) is 9.37 Å². The summed E-state index contributed by atoms with van der Waals surface area (Å²) in [5, 5.41) is 3.09. The van der Waals surface area contributed by atoms with Crippen LogP contribution in [0.3, 0.4) is 0 Å². The fraction of sp³-hybridized carbons (Fsp3) is 0.353. The van der Waals surface area contributed by atoms with Gasteiger partial charge in [0.05, 0.1) is 16.8 Å². The maximum Gasteiger partial charge on any atom is 0.274 e. The molecule has 1 radical (unpaired) electrons. The second-order valence-electron chi connectivity index (χ2n) is 12.7. The molecule has 1 aliphatic heterocycles. The molecular formula is C34H37FN5O3S. The number of hydrogen-bond acceptors (Lipinski definition) is 7. The van der Waals surface area contributed by atoms with Crippen LogP contribution < -0.4 is 20.5 Å². The Kier molecular flexibility index (Phi) is 7.83. The predicted octanol–water partition coefficient (Wildman–Crippen LogP) is 5.84. The summed E-state index contributed by atoms with van der Waals surface area (Å²) in [4.78, 5) is 37.0. The molecule has 0 spiro atoms. The van der Waals surface area contributed by atoms with Crippen LogP contribution in [0.4, 0.5) is 21.6 Å². The number of carbonyl (C=O) groups is 1. The van der Waals surface area contributed by atoms with Crippen molar-refractivity contribution in [3.8, 4) is 16.9 Å². The smallest absolute Gasteiger partial charge is 0.274 e. The number of carbonyl (C=O) groups excluding carboxylic acids is 1. The first-order valence-corrected chi connectivity index (χ1v) is 15.5. The molecule has 0 saturated carbocycles. The number of pyridine rings is 2. The molecule has 2 aliphatic rings. The van der Waals surface area contributed by atoms with Gasteiger partial charge in [0.15, 0.2) is 0 Å². The van der Waals surface area contributed by atoms with Gasteiger partial charge in [-0.1, -0.05) is 13.8 Å². The zero-order valence-electron chi connectivity index (χ0n) is 25.8. The summed E-state index contributed by atoms with van der Waals surface area (Å²) in [6, 6.07) is 7.97. The SMILES string of the molecule is [CH2]c1c(-c2cc(Nc3ccc(OCCN(C)C)cn3)c(=O)n(C)c2)cc(F)cc1N1CCc2c(sc3c2CC(C)(C)C3)C1=O. The Morgan fingerprint density at radius 1 is 1.16 bits per heavy atom. The lowest BCUT2D eigenvalue weighted by Crippen LogP contribution is -2.37. The molecule has 1 N–H and O–H groups in total. The molecule has 229 valence electrons. The largest absolute Gasteiger partial charge is 0.491 e. The lowest BCUT2D eigenvalue weighted by atomic mass is 9.89. The highest BCUT2D eigenvalue weighted by molar-refractivity contribution is 7.14. The number of thiophene rings is 1. The second-order valence-corrected chi connectivity index (χ2v) is 13.8. The molecule has 10 heteroatoms. The summed E-state index contributed by atoms with van der Waals surface area (Å²) < 4.78 is 22.4. The minimum absolute atomic E-state index is 0.104. The number of benzene rings is 1. The third-order valence-electron chi connectivity index (χ3n) is 8.30. The average molecular weight is 615 g/mol. The van der Waals surface area contributed by atoms with Crippen LogP contribution in [0.1, 0.15) is 45.1 Å². The third-order valence-corrected chi connectivity index (χ3v) is 9.56. The minimum Gasteiger partial charge on any atom is -0.491 e. The quantitative estimate of drug-likeness (QED) is 0.269. The normalized spacial score (nSPS) is 15.5. The molecule has 44 heavy (non-hydrogen) atoms. The van der Waals surface area contributed by atoms with Crippen LogP contribution >= 0.6 is 11.3 Å². The number of anilines is 3. The Balaban J connectivity index is 1.28. The lowest BCUT2D eigenvalue weighted by Gasteiger charge is -2.30. The van der Waals surface area contributed by atoms with E-state index in [4.69, 9.17) is 4.74 Å². The van der Waals surface area contributed by atoms with Crippen LogP contribution in [0.15, 0.2) is 47.5 Å². The molecule has 0 fully saturated rings. The first-order chi connectivity index (χ1) is 20.9. The fourth-order valence-corrected chi connectivity index (χ4v) is 7.66. The van der Waals surface area contributed by atoms with E-state index in [0.29, 0.717) is 47.1 Å². The highest BCUT2D eigenvalue weighted by atomic mass is 32.1. The number of aryl methyl sites for hydroxylation is 1. The van der Waals surface area contributed by atoms with Crippen molar-refractivity contribution in [3.05, 3.63) is 92.3 Å². The second kappa shape index (κ2) is 11.5. The molecule has 4 aromatic rings. The van der Waals surface area contributed by atoms with E-state index in [0.717, 1.165) is 36.2 Å². The van der Waals surface area contributed by atoms with E-state index in [-0.39, 0.29) is 22.6 Å². The molecular weight excluding hydrogens is 577 g/mol. The number of likely N-dealkylation sites (N-methyl/N-ethyl adjacent to an activating group) is 1. The zero-order valence-corrected chi connectivity index (χ0v) is 26.6. The van der Waals surface area contributed by atoms with Crippen molar-refractivity contribution in [2.24, 2.45) is 12.5 Å². The van der Waals surface area contributed by atoms with Crippen molar-refractivity contribution in [1.82, 2.24) is 14.5 Å². The zero-order chi connectivity index (χ0) is 31.3. The number of aromatic nitrogens is 2. The number of hydrogen-bond donors (Lipinski definition) is 1. The monoisotopic (exact) mass is 614 g/mol. The molecule has 0 unspecified atom stereocenters. The van der Waals surface area contributed by atoms with Crippen LogP contribution in [-0.4, -0.2) is 54.1 Å². The first kappa shape index (κ1) is 30.0. The van der Waals surface area contributed by atoms with Crippen molar-refractivity contribution >= 4 is 34.4 Å². The van der Waals surface area contributed by atoms with E-state index in [1.165, 1.54) is 27.1 Å². The van der Waals surface area contributed by atoms with Gasteiger partial charge in [-0.05, 0) is 98.3 Å². The number of amides is 1.